The largest absolute Gasteiger partial charge is 0.368 e. The molecule has 1 fully saturated rings. The molecule has 0 bridgehead atoms. The van der Waals surface area contributed by atoms with Gasteiger partial charge in [0.15, 0.2) is 0 Å². The first-order valence-electron chi connectivity index (χ1n) is 11.3. The Hall–Kier alpha value is -4.80. The number of para-hydroxylation sites is 2. The van der Waals surface area contributed by atoms with Gasteiger partial charge in [-0.1, -0.05) is 30.3 Å². The number of rotatable bonds is 5. The molecule has 182 valence electrons. The maximum atomic E-state index is 14.2. The molecule has 2 aromatic carbocycles. The number of aromatic amines is 1. The van der Waals surface area contributed by atoms with Crippen LogP contribution in [0.3, 0.4) is 0 Å². The molecule has 0 atom stereocenters. The molecule has 1 amide bonds. The standard InChI is InChI=1S/C25H22FN7O3/c26-19-8-4-5-9-20(19)33-24(35)18(15-27-25(33)36)23(34)30-21-14-22(29-16-28-21)32-12-10-31(11-13-32)17-6-2-1-3-7-17/h1-9,14-16H,10-13H2,(H,27,36)(H,28,29,30,34). The second-order valence-electron chi connectivity index (χ2n) is 8.12. The Morgan fingerprint density at radius 3 is 2.36 bits per heavy atom. The Morgan fingerprint density at radius 2 is 1.61 bits per heavy atom. The SMILES string of the molecule is O=C(Nc1cc(N2CCN(c3ccccc3)CC2)ncn1)c1c[nH]c(=O)n(-c2ccccc2F)c1=O. The fraction of sp³-hybridized carbons (Fsp3) is 0.160. The van der Waals surface area contributed by atoms with Crippen molar-refractivity contribution >= 4 is 23.2 Å². The number of H-pyrrole nitrogens is 1. The summed E-state index contributed by atoms with van der Waals surface area (Å²) < 4.78 is 14.8. The second kappa shape index (κ2) is 9.82. The minimum absolute atomic E-state index is 0.193. The molecule has 0 saturated carbocycles. The maximum Gasteiger partial charge on any atom is 0.333 e. The van der Waals surface area contributed by atoms with Crippen molar-refractivity contribution in [3.05, 3.63) is 105 Å². The van der Waals surface area contributed by atoms with Gasteiger partial charge < -0.3 is 20.1 Å². The number of nitrogens with one attached hydrogen (secondary N) is 2. The predicted octanol–water partition coefficient (Wildman–Crippen LogP) is 2.03. The third kappa shape index (κ3) is 4.58. The van der Waals surface area contributed by atoms with Crippen molar-refractivity contribution in [2.45, 2.75) is 0 Å². The van der Waals surface area contributed by atoms with Crippen LogP contribution in [0.5, 0.6) is 0 Å². The summed E-state index contributed by atoms with van der Waals surface area (Å²) in [6, 6.07) is 17.1. The molecule has 36 heavy (non-hydrogen) atoms. The van der Waals surface area contributed by atoms with Crippen molar-refractivity contribution in [1.82, 2.24) is 19.5 Å². The van der Waals surface area contributed by atoms with E-state index in [4.69, 9.17) is 0 Å². The molecule has 0 spiro atoms. The highest BCUT2D eigenvalue weighted by Gasteiger charge is 2.21. The lowest BCUT2D eigenvalue weighted by atomic mass is 10.2. The zero-order valence-electron chi connectivity index (χ0n) is 19.1. The van der Waals surface area contributed by atoms with Crippen LogP contribution in [0.1, 0.15) is 10.4 Å². The van der Waals surface area contributed by atoms with Crippen LogP contribution >= 0.6 is 0 Å². The lowest BCUT2D eigenvalue weighted by molar-refractivity contribution is 0.102. The average molecular weight is 487 g/mol. The van der Waals surface area contributed by atoms with Crippen LogP contribution in [0.25, 0.3) is 5.69 Å². The molecule has 10 nitrogen and oxygen atoms in total. The van der Waals surface area contributed by atoms with Gasteiger partial charge in [-0.05, 0) is 24.3 Å². The van der Waals surface area contributed by atoms with Crippen molar-refractivity contribution in [3.8, 4) is 5.69 Å². The van der Waals surface area contributed by atoms with Crippen LogP contribution in [0.2, 0.25) is 0 Å². The van der Waals surface area contributed by atoms with E-state index in [0.717, 1.165) is 44.1 Å². The number of hydrogen-bond acceptors (Lipinski definition) is 7. The van der Waals surface area contributed by atoms with Gasteiger partial charge in [0.25, 0.3) is 11.5 Å². The van der Waals surface area contributed by atoms with E-state index < -0.39 is 23.0 Å². The molecule has 1 aliphatic heterocycles. The van der Waals surface area contributed by atoms with Crippen LogP contribution in [-0.4, -0.2) is 51.6 Å². The number of amides is 1. The molecule has 4 aromatic rings. The summed E-state index contributed by atoms with van der Waals surface area (Å²) in [5.74, 6) is -0.730. The summed E-state index contributed by atoms with van der Waals surface area (Å²) in [6.45, 7) is 3.07. The Bertz CT molecular complexity index is 1510. The monoisotopic (exact) mass is 487 g/mol. The van der Waals surface area contributed by atoms with E-state index in [0.29, 0.717) is 10.4 Å². The summed E-state index contributed by atoms with van der Waals surface area (Å²) >= 11 is 0. The minimum atomic E-state index is -0.951. The molecule has 2 aromatic heterocycles. The van der Waals surface area contributed by atoms with E-state index in [2.05, 4.69) is 42.2 Å². The van der Waals surface area contributed by atoms with E-state index in [-0.39, 0.29) is 17.1 Å². The summed E-state index contributed by atoms with van der Waals surface area (Å²) in [6.07, 6.45) is 2.33. The normalized spacial score (nSPS) is 13.5. The van der Waals surface area contributed by atoms with E-state index in [9.17, 15) is 18.8 Å². The topological polar surface area (TPSA) is 116 Å². The van der Waals surface area contributed by atoms with Gasteiger partial charge in [0.1, 0.15) is 29.3 Å². The zero-order chi connectivity index (χ0) is 25.1. The van der Waals surface area contributed by atoms with Crippen molar-refractivity contribution < 1.29 is 9.18 Å². The molecule has 11 heteroatoms. The molecule has 2 N–H and O–H groups in total. The Balaban J connectivity index is 1.33. The lowest BCUT2D eigenvalue weighted by Crippen LogP contribution is -2.46. The Morgan fingerprint density at radius 1 is 0.917 bits per heavy atom. The molecule has 0 aliphatic carbocycles. The van der Waals surface area contributed by atoms with Crippen LogP contribution in [-0.2, 0) is 0 Å². The second-order valence-corrected chi connectivity index (χ2v) is 8.12. The first-order chi connectivity index (χ1) is 17.5. The number of halogens is 1. The molecule has 5 rings (SSSR count). The quantitative estimate of drug-likeness (QED) is 0.443. The number of piperazine rings is 1. The highest BCUT2D eigenvalue weighted by Crippen LogP contribution is 2.20. The van der Waals surface area contributed by atoms with Gasteiger partial charge in [-0.3, -0.25) is 9.59 Å². The van der Waals surface area contributed by atoms with Crippen molar-refractivity contribution in [3.63, 3.8) is 0 Å². The summed E-state index contributed by atoms with van der Waals surface area (Å²) in [5, 5.41) is 2.57. The summed E-state index contributed by atoms with van der Waals surface area (Å²) in [4.78, 5) is 53.1. The Kier molecular flexibility index (Phi) is 6.27. The van der Waals surface area contributed by atoms with Crippen molar-refractivity contribution in [2.24, 2.45) is 0 Å². The van der Waals surface area contributed by atoms with Gasteiger partial charge in [-0.2, -0.15) is 0 Å². The fourth-order valence-corrected chi connectivity index (χ4v) is 4.09. The van der Waals surface area contributed by atoms with E-state index >= 15 is 0 Å². The molecule has 3 heterocycles. The van der Waals surface area contributed by atoms with Gasteiger partial charge in [0.2, 0.25) is 0 Å². The van der Waals surface area contributed by atoms with Gasteiger partial charge >= 0.3 is 5.69 Å². The van der Waals surface area contributed by atoms with Crippen molar-refractivity contribution in [2.75, 3.05) is 41.3 Å². The zero-order valence-corrected chi connectivity index (χ0v) is 19.1. The average Bonchev–Trinajstić information content (AvgIpc) is 2.90. The number of nitrogens with zero attached hydrogens (tertiary/aromatic N) is 5. The van der Waals surface area contributed by atoms with Gasteiger partial charge in [0, 0.05) is 44.1 Å². The van der Waals surface area contributed by atoms with Gasteiger partial charge in [-0.15, -0.1) is 0 Å². The molecular weight excluding hydrogens is 465 g/mol. The third-order valence-electron chi connectivity index (χ3n) is 5.93. The number of hydrogen-bond donors (Lipinski definition) is 2. The Labute approximate surface area is 204 Å². The highest BCUT2D eigenvalue weighted by molar-refractivity contribution is 6.03. The number of carbonyl (C=O) groups is 1. The highest BCUT2D eigenvalue weighted by atomic mass is 19.1. The van der Waals surface area contributed by atoms with Crippen molar-refractivity contribution in [1.29, 1.82) is 0 Å². The number of anilines is 3. The first-order valence-corrected chi connectivity index (χ1v) is 11.3. The van der Waals surface area contributed by atoms with Crippen LogP contribution in [0.4, 0.5) is 21.7 Å². The van der Waals surface area contributed by atoms with E-state index in [1.807, 2.05) is 18.2 Å². The molecule has 0 radical (unpaired) electrons. The molecular formula is C25H22FN7O3. The minimum Gasteiger partial charge on any atom is -0.368 e. The number of carbonyl (C=O) groups excluding carboxylic acids is 1. The van der Waals surface area contributed by atoms with Crippen LogP contribution in [0, 0.1) is 5.82 Å². The molecule has 1 aliphatic rings. The van der Waals surface area contributed by atoms with Crippen LogP contribution < -0.4 is 26.4 Å². The van der Waals surface area contributed by atoms with E-state index in [1.54, 1.807) is 6.07 Å². The van der Waals surface area contributed by atoms with Gasteiger partial charge in [0.05, 0.1) is 5.69 Å². The molecule has 1 saturated heterocycles. The summed E-state index contributed by atoms with van der Waals surface area (Å²) in [5.41, 5.74) is -1.27. The number of aromatic nitrogens is 4. The fourth-order valence-electron chi connectivity index (χ4n) is 4.09. The first kappa shape index (κ1) is 23.0. The van der Waals surface area contributed by atoms with E-state index in [1.165, 1.54) is 24.5 Å². The predicted molar refractivity (Wildman–Crippen MR) is 133 cm³/mol. The number of benzene rings is 2. The molecule has 0 unspecified atom stereocenters. The third-order valence-corrected chi connectivity index (χ3v) is 5.93. The van der Waals surface area contributed by atoms with Gasteiger partial charge in [-0.25, -0.2) is 23.7 Å². The maximum absolute atomic E-state index is 14.2. The van der Waals surface area contributed by atoms with Crippen LogP contribution in [0.15, 0.2) is 82.8 Å². The lowest BCUT2D eigenvalue weighted by Gasteiger charge is -2.36. The smallest absolute Gasteiger partial charge is 0.333 e. The summed E-state index contributed by atoms with van der Waals surface area (Å²) in [7, 11) is 0.